The Balaban J connectivity index is 1.79. The lowest BCUT2D eigenvalue weighted by Crippen LogP contribution is -3.09. The Kier molecular flexibility index (Phi) is 6.73. The van der Waals surface area contributed by atoms with Crippen LogP contribution >= 0.6 is 0 Å². The van der Waals surface area contributed by atoms with Crippen molar-refractivity contribution in [1.29, 1.82) is 0 Å². The average Bonchev–Trinajstić information content (AvgIpc) is 3.18. The number of nitrogens with one attached hydrogen (secondary N) is 2. The van der Waals surface area contributed by atoms with E-state index in [0.29, 0.717) is 0 Å². The van der Waals surface area contributed by atoms with Crippen molar-refractivity contribution >= 4 is 11.6 Å². The van der Waals surface area contributed by atoms with Gasteiger partial charge in [-0.3, -0.25) is 14.9 Å². The number of nitro groups is 1. The van der Waals surface area contributed by atoms with Gasteiger partial charge in [-0.2, -0.15) is 0 Å². The van der Waals surface area contributed by atoms with Crippen LogP contribution in [0.1, 0.15) is 22.3 Å². The lowest BCUT2D eigenvalue weighted by atomic mass is 10.1. The molecule has 30 heavy (non-hydrogen) atoms. The minimum Gasteiger partial charge on any atom is -0.493 e. The van der Waals surface area contributed by atoms with Crippen LogP contribution in [0, 0.1) is 10.1 Å². The number of nitrogens with zero attached hydrogens (tertiary/aromatic N) is 1. The van der Waals surface area contributed by atoms with Crippen molar-refractivity contribution in [3.05, 3.63) is 57.6 Å². The van der Waals surface area contributed by atoms with E-state index >= 15 is 0 Å². The van der Waals surface area contributed by atoms with Crippen molar-refractivity contribution in [3.8, 4) is 17.2 Å². The van der Waals surface area contributed by atoms with Gasteiger partial charge in [0, 0.05) is 18.1 Å². The number of nitro benzene ring substituents is 1. The Bertz CT molecular complexity index is 919. The topological polar surface area (TPSA) is 104 Å². The first kappa shape index (κ1) is 21.4. The molecule has 0 saturated carbocycles. The fourth-order valence-electron chi connectivity index (χ4n) is 3.86. The molecule has 1 heterocycles. The molecule has 2 N–H and O–H groups in total. The molecule has 160 valence electrons. The smallest absolute Gasteiger partial charge is 0.327 e. The molecule has 0 radical (unpaired) electrons. The Morgan fingerprint density at radius 2 is 1.87 bits per heavy atom. The van der Waals surface area contributed by atoms with E-state index in [2.05, 4.69) is 17.4 Å². The maximum absolute atomic E-state index is 13.0. The van der Waals surface area contributed by atoms with Gasteiger partial charge >= 0.3 is 5.69 Å². The predicted molar refractivity (Wildman–Crippen MR) is 109 cm³/mol. The first-order chi connectivity index (χ1) is 14.5. The van der Waals surface area contributed by atoms with Gasteiger partial charge < -0.3 is 24.4 Å². The first-order valence-electron chi connectivity index (χ1n) is 9.64. The molecule has 1 saturated heterocycles. The number of carbonyl (C=O) groups is 1. The highest BCUT2D eigenvalue weighted by atomic mass is 16.6. The number of ether oxygens (including phenoxy) is 3. The summed E-state index contributed by atoms with van der Waals surface area (Å²) in [6.45, 7) is 2.54. The number of rotatable bonds is 8. The molecule has 9 nitrogen and oxygen atoms in total. The molecule has 1 aliphatic rings. The van der Waals surface area contributed by atoms with Crippen LogP contribution in [0.4, 0.5) is 5.69 Å². The van der Waals surface area contributed by atoms with E-state index in [1.54, 1.807) is 0 Å². The molecule has 0 bridgehead atoms. The fourth-order valence-corrected chi connectivity index (χ4v) is 3.86. The van der Waals surface area contributed by atoms with Crippen LogP contribution < -0.4 is 24.4 Å². The van der Waals surface area contributed by atoms with Gasteiger partial charge in [-0.05, 0) is 0 Å². The first-order valence-corrected chi connectivity index (χ1v) is 9.64. The minimum atomic E-state index is -0.642. The van der Waals surface area contributed by atoms with Crippen molar-refractivity contribution in [2.75, 3.05) is 34.4 Å². The standard InChI is InChI=1S/C21H25N3O6/c1-28-17-11-16(18(24(26)27)20(30-3)19(17)29-2)21(25)22-15-9-10-23(13-15)12-14-7-5-4-6-8-14/h4-8,11,15H,9-10,12-13H2,1-3H3,(H,22,25)/p+1/t15-/m0/s1. The zero-order valence-electron chi connectivity index (χ0n) is 17.3. The molecule has 1 unspecified atom stereocenters. The summed E-state index contributed by atoms with van der Waals surface area (Å²) >= 11 is 0. The Hall–Kier alpha value is -3.33. The van der Waals surface area contributed by atoms with E-state index in [1.165, 1.54) is 37.9 Å². The number of benzene rings is 2. The molecule has 1 fully saturated rings. The number of quaternary nitrogens is 1. The molecule has 3 rings (SSSR count). The molecular formula is C21H26N3O6+. The second-order valence-electron chi connectivity index (χ2n) is 7.12. The van der Waals surface area contributed by atoms with E-state index < -0.39 is 16.5 Å². The summed E-state index contributed by atoms with van der Waals surface area (Å²) in [7, 11) is 4.03. The number of carbonyl (C=O) groups excluding carboxylic acids is 1. The van der Waals surface area contributed by atoms with E-state index in [4.69, 9.17) is 14.2 Å². The molecule has 2 aromatic carbocycles. The summed E-state index contributed by atoms with van der Waals surface area (Å²) in [5.74, 6) is -0.419. The van der Waals surface area contributed by atoms with Crippen LogP contribution in [0.5, 0.6) is 17.2 Å². The molecule has 1 aliphatic heterocycles. The van der Waals surface area contributed by atoms with E-state index in [9.17, 15) is 14.9 Å². The molecule has 1 amide bonds. The fraction of sp³-hybridized carbons (Fsp3) is 0.381. The quantitative estimate of drug-likeness (QED) is 0.495. The third-order valence-corrected chi connectivity index (χ3v) is 5.24. The van der Waals surface area contributed by atoms with Gasteiger partial charge in [0.05, 0.1) is 45.4 Å². The van der Waals surface area contributed by atoms with Crippen molar-refractivity contribution in [3.63, 3.8) is 0 Å². The van der Waals surface area contributed by atoms with Crippen molar-refractivity contribution in [2.45, 2.75) is 19.0 Å². The van der Waals surface area contributed by atoms with Gasteiger partial charge in [0.25, 0.3) is 5.91 Å². The Morgan fingerprint density at radius 1 is 1.17 bits per heavy atom. The normalized spacial score (nSPS) is 18.0. The van der Waals surface area contributed by atoms with Crippen LogP contribution in [0.15, 0.2) is 36.4 Å². The molecule has 0 aromatic heterocycles. The predicted octanol–water partition coefficient (Wildman–Crippen LogP) is 1.21. The maximum atomic E-state index is 13.0. The van der Waals surface area contributed by atoms with E-state index in [1.807, 2.05) is 18.2 Å². The summed E-state index contributed by atoms with van der Waals surface area (Å²) < 4.78 is 15.6. The zero-order chi connectivity index (χ0) is 21.7. The lowest BCUT2D eigenvalue weighted by molar-refractivity contribution is -0.901. The van der Waals surface area contributed by atoms with Crippen LogP contribution in [0.2, 0.25) is 0 Å². The second kappa shape index (κ2) is 9.45. The summed E-state index contributed by atoms with van der Waals surface area (Å²) in [6.07, 6.45) is 0.798. The van der Waals surface area contributed by atoms with Crippen molar-refractivity contribution in [1.82, 2.24) is 5.32 Å². The Morgan fingerprint density at radius 3 is 2.47 bits per heavy atom. The number of amides is 1. The van der Waals surface area contributed by atoms with Gasteiger partial charge in [-0.1, -0.05) is 30.3 Å². The second-order valence-corrected chi connectivity index (χ2v) is 7.12. The molecule has 0 aliphatic carbocycles. The van der Waals surface area contributed by atoms with Gasteiger partial charge in [0.15, 0.2) is 5.75 Å². The molecule has 2 aromatic rings. The highest BCUT2D eigenvalue weighted by Gasteiger charge is 2.34. The van der Waals surface area contributed by atoms with Crippen LogP contribution in [0.25, 0.3) is 0 Å². The number of methoxy groups -OCH3 is 3. The molecule has 9 heteroatoms. The van der Waals surface area contributed by atoms with Crippen molar-refractivity contribution in [2.24, 2.45) is 0 Å². The highest BCUT2D eigenvalue weighted by molar-refractivity contribution is 6.00. The zero-order valence-corrected chi connectivity index (χ0v) is 17.3. The van der Waals surface area contributed by atoms with Gasteiger partial charge in [-0.15, -0.1) is 0 Å². The summed E-state index contributed by atoms with van der Waals surface area (Å²) in [5.41, 5.74) is 0.671. The van der Waals surface area contributed by atoms with Crippen LogP contribution in [0.3, 0.4) is 0 Å². The summed E-state index contributed by atoms with van der Waals surface area (Å²) in [5, 5.41) is 14.6. The largest absolute Gasteiger partial charge is 0.493 e. The SMILES string of the molecule is COc1cc(C(=O)N[C@H]2CC[NH+](Cc3ccccc3)C2)c([N+](=O)[O-])c(OC)c1OC. The van der Waals surface area contributed by atoms with Crippen LogP contribution in [-0.4, -0.2) is 51.3 Å². The van der Waals surface area contributed by atoms with Crippen molar-refractivity contribution < 1.29 is 28.8 Å². The van der Waals surface area contributed by atoms with E-state index in [0.717, 1.165) is 26.1 Å². The third kappa shape index (κ3) is 4.46. The maximum Gasteiger partial charge on any atom is 0.327 e. The molecule has 2 atom stereocenters. The summed E-state index contributed by atoms with van der Waals surface area (Å²) in [4.78, 5) is 25.4. The number of hydrogen-bond acceptors (Lipinski definition) is 6. The molecular weight excluding hydrogens is 390 g/mol. The summed E-state index contributed by atoms with van der Waals surface area (Å²) in [6, 6.07) is 11.4. The highest BCUT2D eigenvalue weighted by Crippen LogP contribution is 2.46. The third-order valence-electron chi connectivity index (χ3n) is 5.24. The minimum absolute atomic E-state index is 0.0718. The Labute approximate surface area is 174 Å². The van der Waals surface area contributed by atoms with Gasteiger partial charge in [-0.25, -0.2) is 0 Å². The average molecular weight is 416 g/mol. The van der Waals surface area contributed by atoms with Crippen LogP contribution in [-0.2, 0) is 6.54 Å². The van der Waals surface area contributed by atoms with Gasteiger partial charge in [0.2, 0.25) is 11.5 Å². The number of hydrogen-bond donors (Lipinski definition) is 2. The van der Waals surface area contributed by atoms with Gasteiger partial charge in [0.1, 0.15) is 12.1 Å². The molecule has 0 spiro atoms. The number of likely N-dealkylation sites (tertiary alicyclic amines) is 1. The monoisotopic (exact) mass is 416 g/mol. The van der Waals surface area contributed by atoms with E-state index in [-0.39, 0.29) is 28.9 Å². The lowest BCUT2D eigenvalue weighted by Gasteiger charge is -2.16.